The molecule has 0 bridgehead atoms. The number of piperidine rings is 1. The third-order valence-electron chi connectivity index (χ3n) is 3.76. The van der Waals surface area contributed by atoms with Crippen molar-refractivity contribution in [3.05, 3.63) is 54.2 Å². The van der Waals surface area contributed by atoms with Crippen LogP contribution in [0.15, 0.2) is 48.7 Å². The van der Waals surface area contributed by atoms with Gasteiger partial charge in [-0.3, -0.25) is 0 Å². The standard InChI is InChI=1S/C16H19N3O3S/c20-23(21,13-14-6-2-1-3-7-14)19-11-5-8-15(12-19)22-16-9-4-10-17-18-16/h1-4,6-7,9-10,15H,5,8,11-13H2/t15-/m1/s1. The van der Waals surface area contributed by atoms with Gasteiger partial charge >= 0.3 is 0 Å². The average molecular weight is 333 g/mol. The second-order valence-electron chi connectivity index (χ2n) is 5.54. The molecule has 23 heavy (non-hydrogen) atoms. The molecule has 0 amide bonds. The smallest absolute Gasteiger partial charge is 0.233 e. The first kappa shape index (κ1) is 15.9. The number of benzene rings is 1. The van der Waals surface area contributed by atoms with Crippen LogP contribution in [0.4, 0.5) is 0 Å². The fraction of sp³-hybridized carbons (Fsp3) is 0.375. The zero-order valence-electron chi connectivity index (χ0n) is 12.7. The van der Waals surface area contributed by atoms with E-state index in [2.05, 4.69) is 10.2 Å². The first-order valence-corrected chi connectivity index (χ1v) is 9.20. The topological polar surface area (TPSA) is 72.4 Å². The number of aromatic nitrogens is 2. The van der Waals surface area contributed by atoms with Crippen LogP contribution in [0.25, 0.3) is 0 Å². The summed E-state index contributed by atoms with van der Waals surface area (Å²) in [5.74, 6) is 0.450. The molecule has 1 aliphatic heterocycles. The van der Waals surface area contributed by atoms with Gasteiger partial charge in [0, 0.05) is 18.8 Å². The Bertz CT molecular complexity index is 723. The van der Waals surface area contributed by atoms with Crippen molar-refractivity contribution in [2.45, 2.75) is 24.7 Å². The molecule has 1 aliphatic rings. The molecule has 1 aromatic carbocycles. The van der Waals surface area contributed by atoms with E-state index >= 15 is 0 Å². The van der Waals surface area contributed by atoms with E-state index < -0.39 is 10.0 Å². The molecule has 122 valence electrons. The summed E-state index contributed by atoms with van der Waals surface area (Å²) in [7, 11) is -3.34. The van der Waals surface area contributed by atoms with Crippen molar-refractivity contribution < 1.29 is 13.2 Å². The monoisotopic (exact) mass is 333 g/mol. The Hall–Kier alpha value is -1.99. The van der Waals surface area contributed by atoms with E-state index in [9.17, 15) is 8.42 Å². The zero-order chi connectivity index (χ0) is 16.1. The van der Waals surface area contributed by atoms with E-state index in [1.165, 1.54) is 4.31 Å². The van der Waals surface area contributed by atoms with Crippen molar-refractivity contribution in [2.75, 3.05) is 13.1 Å². The third-order valence-corrected chi connectivity index (χ3v) is 5.58. The van der Waals surface area contributed by atoms with Gasteiger partial charge in [0.05, 0.1) is 12.3 Å². The van der Waals surface area contributed by atoms with Crippen LogP contribution in [0.1, 0.15) is 18.4 Å². The fourth-order valence-electron chi connectivity index (χ4n) is 2.65. The molecular formula is C16H19N3O3S. The third kappa shape index (κ3) is 4.27. The maximum absolute atomic E-state index is 12.6. The molecule has 7 heteroatoms. The number of hydrogen-bond donors (Lipinski definition) is 0. The summed E-state index contributed by atoms with van der Waals surface area (Å²) < 4.78 is 32.5. The van der Waals surface area contributed by atoms with Gasteiger partial charge < -0.3 is 4.74 Å². The number of nitrogens with zero attached hydrogens (tertiary/aromatic N) is 3. The van der Waals surface area contributed by atoms with E-state index in [1.54, 1.807) is 18.3 Å². The van der Waals surface area contributed by atoms with Gasteiger partial charge in [-0.15, -0.1) is 5.10 Å². The minimum absolute atomic E-state index is 0.0195. The Morgan fingerprint density at radius 2 is 2.00 bits per heavy atom. The van der Waals surface area contributed by atoms with Gasteiger partial charge in [0.2, 0.25) is 15.9 Å². The van der Waals surface area contributed by atoms with Gasteiger partial charge in [-0.25, -0.2) is 8.42 Å². The summed E-state index contributed by atoms with van der Waals surface area (Å²) >= 11 is 0. The minimum atomic E-state index is -3.34. The van der Waals surface area contributed by atoms with Gasteiger partial charge in [-0.05, 0) is 24.5 Å². The van der Waals surface area contributed by atoms with Gasteiger partial charge in [-0.2, -0.15) is 9.40 Å². The molecule has 1 fully saturated rings. The Kier molecular flexibility index (Phi) is 4.88. The molecular weight excluding hydrogens is 314 g/mol. The summed E-state index contributed by atoms with van der Waals surface area (Å²) in [6.07, 6.45) is 2.98. The Labute approximate surface area is 136 Å². The summed E-state index contributed by atoms with van der Waals surface area (Å²) in [4.78, 5) is 0. The molecule has 6 nitrogen and oxygen atoms in total. The van der Waals surface area contributed by atoms with E-state index in [0.29, 0.717) is 19.0 Å². The minimum Gasteiger partial charge on any atom is -0.472 e. The number of hydrogen-bond acceptors (Lipinski definition) is 5. The summed E-state index contributed by atoms with van der Waals surface area (Å²) in [6, 6.07) is 12.7. The highest BCUT2D eigenvalue weighted by atomic mass is 32.2. The Morgan fingerprint density at radius 1 is 1.17 bits per heavy atom. The molecule has 0 radical (unpaired) electrons. The summed E-state index contributed by atoms with van der Waals surface area (Å²) in [5, 5.41) is 7.65. The lowest BCUT2D eigenvalue weighted by Gasteiger charge is -2.31. The molecule has 0 unspecified atom stereocenters. The van der Waals surface area contributed by atoms with Crippen LogP contribution in [0.2, 0.25) is 0 Å². The SMILES string of the molecule is O=S(=O)(Cc1ccccc1)N1CCC[C@@H](Oc2cccnn2)C1. The first-order valence-electron chi connectivity index (χ1n) is 7.59. The molecule has 1 saturated heterocycles. The van der Waals surface area contributed by atoms with Crippen molar-refractivity contribution in [1.82, 2.24) is 14.5 Å². The lowest BCUT2D eigenvalue weighted by Crippen LogP contribution is -2.44. The summed E-state index contributed by atoms with van der Waals surface area (Å²) in [5.41, 5.74) is 0.796. The normalized spacial score (nSPS) is 19.4. The second-order valence-corrected chi connectivity index (χ2v) is 7.51. The van der Waals surface area contributed by atoms with E-state index in [-0.39, 0.29) is 11.9 Å². The molecule has 0 aliphatic carbocycles. The summed E-state index contributed by atoms with van der Waals surface area (Å²) in [6.45, 7) is 0.890. The molecule has 1 atom stereocenters. The van der Waals surface area contributed by atoms with Gasteiger partial charge in [0.1, 0.15) is 6.10 Å². The largest absolute Gasteiger partial charge is 0.472 e. The number of ether oxygens (including phenoxy) is 1. The number of sulfonamides is 1. The second kappa shape index (κ2) is 7.06. The van der Waals surface area contributed by atoms with Crippen LogP contribution in [0.3, 0.4) is 0 Å². The first-order chi connectivity index (χ1) is 11.1. The highest BCUT2D eigenvalue weighted by Gasteiger charge is 2.30. The molecule has 2 aromatic rings. The van der Waals surface area contributed by atoms with Crippen LogP contribution < -0.4 is 4.74 Å². The Morgan fingerprint density at radius 3 is 2.74 bits per heavy atom. The van der Waals surface area contributed by atoms with Crippen LogP contribution in [0, 0.1) is 0 Å². The van der Waals surface area contributed by atoms with Crippen LogP contribution >= 0.6 is 0 Å². The van der Waals surface area contributed by atoms with E-state index in [0.717, 1.165) is 18.4 Å². The van der Waals surface area contributed by atoms with Gasteiger partial charge in [0.25, 0.3) is 0 Å². The van der Waals surface area contributed by atoms with Gasteiger partial charge in [-0.1, -0.05) is 30.3 Å². The van der Waals surface area contributed by atoms with Crippen molar-refractivity contribution in [3.8, 4) is 5.88 Å². The maximum Gasteiger partial charge on any atom is 0.233 e. The van der Waals surface area contributed by atoms with Crippen LogP contribution in [-0.4, -0.2) is 42.1 Å². The lowest BCUT2D eigenvalue weighted by atomic mass is 10.1. The Balaban J connectivity index is 1.65. The molecule has 0 spiro atoms. The quantitative estimate of drug-likeness (QED) is 0.835. The zero-order valence-corrected chi connectivity index (χ0v) is 13.5. The van der Waals surface area contributed by atoms with Crippen molar-refractivity contribution >= 4 is 10.0 Å². The average Bonchev–Trinajstić information content (AvgIpc) is 2.57. The maximum atomic E-state index is 12.6. The van der Waals surface area contributed by atoms with E-state index in [4.69, 9.17) is 4.74 Å². The van der Waals surface area contributed by atoms with Crippen molar-refractivity contribution in [1.29, 1.82) is 0 Å². The molecule has 0 saturated carbocycles. The van der Waals surface area contributed by atoms with Gasteiger partial charge in [0.15, 0.2) is 0 Å². The molecule has 1 aromatic heterocycles. The highest BCUT2D eigenvalue weighted by molar-refractivity contribution is 7.88. The predicted molar refractivity (Wildman–Crippen MR) is 86.3 cm³/mol. The molecule has 3 rings (SSSR count). The molecule has 2 heterocycles. The van der Waals surface area contributed by atoms with Crippen LogP contribution in [-0.2, 0) is 15.8 Å². The van der Waals surface area contributed by atoms with Crippen LogP contribution in [0.5, 0.6) is 5.88 Å². The fourth-order valence-corrected chi connectivity index (χ4v) is 4.25. The van der Waals surface area contributed by atoms with Crippen molar-refractivity contribution in [3.63, 3.8) is 0 Å². The highest BCUT2D eigenvalue weighted by Crippen LogP contribution is 2.20. The van der Waals surface area contributed by atoms with E-state index in [1.807, 2.05) is 30.3 Å². The predicted octanol–water partition coefficient (Wildman–Crippen LogP) is 1.85. The lowest BCUT2D eigenvalue weighted by molar-refractivity contribution is 0.123. The number of rotatable bonds is 5. The van der Waals surface area contributed by atoms with Crippen molar-refractivity contribution in [2.24, 2.45) is 0 Å². The molecule has 0 N–H and O–H groups in total.